The highest BCUT2D eigenvalue weighted by Gasteiger charge is 2.61. The van der Waals surface area contributed by atoms with Gasteiger partial charge in [0.15, 0.2) is 0 Å². The molecule has 3 heterocycles. The average molecular weight is 383 g/mol. The predicted molar refractivity (Wildman–Crippen MR) is 118 cm³/mol. The van der Waals surface area contributed by atoms with E-state index in [0.717, 1.165) is 18.8 Å². The van der Waals surface area contributed by atoms with Crippen LogP contribution in [0.4, 0.5) is 11.4 Å². The number of allylic oxidation sites excluding steroid dienone is 2. The summed E-state index contributed by atoms with van der Waals surface area (Å²) in [5.41, 5.74) is 14.6. The largest absolute Gasteiger partial charge is 0.308 e. The number of fused-ring (bicyclic) bond motifs is 2. The van der Waals surface area contributed by atoms with Crippen LogP contribution in [-0.4, -0.2) is 29.7 Å². The molecular formula is C25H26N4. The second-order valence-electron chi connectivity index (χ2n) is 8.57. The lowest BCUT2D eigenvalue weighted by Gasteiger charge is -2.49. The number of nitrogens with one attached hydrogen (secondary N) is 2. The minimum absolute atomic E-state index is 0.0621. The van der Waals surface area contributed by atoms with Gasteiger partial charge >= 0.3 is 0 Å². The van der Waals surface area contributed by atoms with Crippen LogP contribution in [0.25, 0.3) is 0 Å². The van der Waals surface area contributed by atoms with E-state index in [1.165, 1.54) is 41.0 Å². The van der Waals surface area contributed by atoms with E-state index in [9.17, 15) is 0 Å². The van der Waals surface area contributed by atoms with Crippen LogP contribution in [0.3, 0.4) is 0 Å². The van der Waals surface area contributed by atoms with Gasteiger partial charge in [-0.25, -0.2) is 0 Å². The Hall–Kier alpha value is -2.85. The molecule has 6 rings (SSSR count). The van der Waals surface area contributed by atoms with Crippen LogP contribution in [0.5, 0.6) is 0 Å². The van der Waals surface area contributed by atoms with Crippen molar-refractivity contribution in [3.63, 3.8) is 0 Å². The molecule has 0 aromatic heterocycles. The first-order chi connectivity index (χ1) is 14.3. The Balaban J connectivity index is 1.44. The lowest BCUT2D eigenvalue weighted by Crippen LogP contribution is -2.56. The zero-order chi connectivity index (χ0) is 19.4. The van der Waals surface area contributed by atoms with E-state index in [0.29, 0.717) is 12.0 Å². The summed E-state index contributed by atoms with van der Waals surface area (Å²) < 4.78 is 0. The molecule has 1 spiro atoms. The molecule has 2 saturated heterocycles. The third kappa shape index (κ3) is 2.32. The molecule has 29 heavy (non-hydrogen) atoms. The summed E-state index contributed by atoms with van der Waals surface area (Å²) in [4.78, 5) is 7.93. The van der Waals surface area contributed by atoms with Crippen LogP contribution in [0.15, 0.2) is 83.0 Å². The molecule has 3 aliphatic heterocycles. The summed E-state index contributed by atoms with van der Waals surface area (Å²) in [6.45, 7) is 4.43. The van der Waals surface area contributed by atoms with Gasteiger partial charge in [-0.05, 0) is 49.1 Å². The first kappa shape index (κ1) is 17.0. The van der Waals surface area contributed by atoms with Crippen LogP contribution in [0.1, 0.15) is 25.3 Å². The van der Waals surface area contributed by atoms with E-state index in [-0.39, 0.29) is 5.41 Å². The van der Waals surface area contributed by atoms with E-state index in [2.05, 4.69) is 71.3 Å². The van der Waals surface area contributed by atoms with Gasteiger partial charge < -0.3 is 10.9 Å². The van der Waals surface area contributed by atoms with E-state index in [4.69, 9.17) is 4.99 Å². The number of hydrazine groups is 1. The van der Waals surface area contributed by atoms with Crippen molar-refractivity contribution in [2.75, 3.05) is 18.5 Å². The van der Waals surface area contributed by atoms with Crippen molar-refractivity contribution in [2.24, 2.45) is 10.9 Å². The highest BCUT2D eigenvalue weighted by Crippen LogP contribution is 2.59. The molecule has 4 nitrogen and oxygen atoms in total. The fourth-order valence-electron chi connectivity index (χ4n) is 6.09. The van der Waals surface area contributed by atoms with Gasteiger partial charge in [0.05, 0.1) is 22.5 Å². The molecule has 4 aliphatic rings. The minimum atomic E-state index is 0.0621. The molecule has 0 unspecified atom stereocenters. The zero-order valence-electron chi connectivity index (χ0n) is 16.7. The number of aliphatic imine (C=N–C) groups is 1. The number of hydrogen-bond donors (Lipinski definition) is 2. The van der Waals surface area contributed by atoms with E-state index < -0.39 is 0 Å². The normalized spacial score (nSPS) is 32.1. The number of nitrogens with zero attached hydrogens (tertiary/aromatic N) is 2. The van der Waals surface area contributed by atoms with Crippen molar-refractivity contribution < 1.29 is 0 Å². The molecule has 1 aliphatic carbocycles. The van der Waals surface area contributed by atoms with Crippen molar-refractivity contribution in [1.82, 2.24) is 10.3 Å². The molecule has 0 radical (unpaired) electrons. The van der Waals surface area contributed by atoms with Crippen LogP contribution in [-0.2, 0) is 5.41 Å². The molecule has 4 heteroatoms. The van der Waals surface area contributed by atoms with Crippen molar-refractivity contribution >= 4 is 17.1 Å². The number of anilines is 1. The highest BCUT2D eigenvalue weighted by molar-refractivity contribution is 6.15. The number of para-hydroxylation sites is 2. The first-order valence-corrected chi connectivity index (χ1v) is 10.7. The van der Waals surface area contributed by atoms with E-state index >= 15 is 0 Å². The van der Waals surface area contributed by atoms with E-state index in [1.54, 1.807) is 0 Å². The third-order valence-corrected chi connectivity index (χ3v) is 7.37. The number of hydrogen-bond acceptors (Lipinski definition) is 4. The summed E-state index contributed by atoms with van der Waals surface area (Å²) in [5.74, 6) is 0.450. The fraction of sp³-hybridized carbons (Fsp3) is 0.320. The van der Waals surface area contributed by atoms with Crippen molar-refractivity contribution in [3.05, 3.63) is 83.6 Å². The minimum Gasteiger partial charge on any atom is -0.308 e. The molecule has 3 fully saturated rings. The Kier molecular flexibility index (Phi) is 3.72. The molecule has 1 saturated carbocycles. The SMILES string of the molecule is C/C=C1\CN2CC[C@]34C(=Nc5ccccc53)C(=CNNc3ccccc3)[C@H]1C[C@@H]24. The number of benzene rings is 2. The van der Waals surface area contributed by atoms with Crippen molar-refractivity contribution in [2.45, 2.75) is 31.2 Å². The summed E-state index contributed by atoms with van der Waals surface area (Å²) in [6.07, 6.45) is 6.86. The standard InChI is InChI=1S/C25H26N4/c1-2-17-16-29-13-12-25-21-10-6-7-11-22(21)27-24(25)20(19(17)14-23(25)29)15-26-28-18-8-4-3-5-9-18/h2-11,15,19,23,26,28H,12-14,16H2,1H3/b17-2+,20-15?/t19-,23+,25-/m0/s1. The Morgan fingerprint density at radius 1 is 1.10 bits per heavy atom. The van der Waals surface area contributed by atoms with Crippen LogP contribution >= 0.6 is 0 Å². The van der Waals surface area contributed by atoms with E-state index in [1.807, 2.05) is 18.2 Å². The van der Waals surface area contributed by atoms with Gasteiger partial charge in [-0.1, -0.05) is 48.0 Å². The quantitative estimate of drug-likeness (QED) is 0.604. The Morgan fingerprint density at radius 3 is 2.79 bits per heavy atom. The van der Waals surface area contributed by atoms with Crippen LogP contribution < -0.4 is 10.9 Å². The summed E-state index contributed by atoms with van der Waals surface area (Å²) >= 11 is 0. The molecule has 146 valence electrons. The summed E-state index contributed by atoms with van der Waals surface area (Å²) in [5, 5.41) is 0. The lowest BCUT2D eigenvalue weighted by atomic mass is 9.59. The van der Waals surface area contributed by atoms with Crippen LogP contribution in [0.2, 0.25) is 0 Å². The Labute approximate surface area is 172 Å². The molecule has 0 amide bonds. The maximum Gasteiger partial charge on any atom is 0.0675 e. The monoisotopic (exact) mass is 382 g/mol. The van der Waals surface area contributed by atoms with Gasteiger partial charge in [-0.3, -0.25) is 9.89 Å². The molecule has 2 aromatic rings. The smallest absolute Gasteiger partial charge is 0.0675 e. The molecular weight excluding hydrogens is 356 g/mol. The van der Waals surface area contributed by atoms with Gasteiger partial charge in [-0.15, -0.1) is 0 Å². The zero-order valence-corrected chi connectivity index (χ0v) is 16.7. The average Bonchev–Trinajstić information content (AvgIpc) is 3.32. The Morgan fingerprint density at radius 2 is 1.93 bits per heavy atom. The van der Waals surface area contributed by atoms with Gasteiger partial charge in [-0.2, -0.15) is 0 Å². The molecule has 2 N–H and O–H groups in total. The van der Waals surface area contributed by atoms with Gasteiger partial charge in [0, 0.05) is 31.2 Å². The topological polar surface area (TPSA) is 39.7 Å². The number of rotatable bonds is 3. The van der Waals surface area contributed by atoms with Gasteiger partial charge in [0.1, 0.15) is 0 Å². The summed E-state index contributed by atoms with van der Waals surface area (Å²) in [6, 6.07) is 19.6. The van der Waals surface area contributed by atoms with Crippen molar-refractivity contribution in [3.8, 4) is 0 Å². The lowest BCUT2D eigenvalue weighted by molar-refractivity contribution is 0.179. The second kappa shape index (κ2) is 6.33. The molecule has 2 aromatic carbocycles. The summed E-state index contributed by atoms with van der Waals surface area (Å²) in [7, 11) is 0. The predicted octanol–water partition coefficient (Wildman–Crippen LogP) is 4.57. The van der Waals surface area contributed by atoms with Gasteiger partial charge in [0.2, 0.25) is 0 Å². The maximum atomic E-state index is 5.23. The van der Waals surface area contributed by atoms with Crippen molar-refractivity contribution in [1.29, 1.82) is 0 Å². The molecule has 2 bridgehead atoms. The highest BCUT2D eigenvalue weighted by atomic mass is 15.3. The molecule has 3 atom stereocenters. The first-order valence-electron chi connectivity index (χ1n) is 10.7. The maximum absolute atomic E-state index is 5.23. The van der Waals surface area contributed by atoms with Gasteiger partial charge in [0.25, 0.3) is 0 Å². The Bertz CT molecular complexity index is 1050. The third-order valence-electron chi connectivity index (χ3n) is 7.37. The second-order valence-corrected chi connectivity index (χ2v) is 8.57. The number of piperidine rings is 1. The van der Waals surface area contributed by atoms with Crippen LogP contribution in [0, 0.1) is 5.92 Å². The fourth-order valence-corrected chi connectivity index (χ4v) is 6.09.